The predicted octanol–water partition coefficient (Wildman–Crippen LogP) is 3.46. The maximum Gasteiger partial charge on any atom is 0.338 e. The van der Waals surface area contributed by atoms with Crippen molar-refractivity contribution in [2.45, 2.75) is 19.9 Å². The molecule has 0 spiro atoms. The van der Waals surface area contributed by atoms with Crippen molar-refractivity contribution >= 4 is 35.0 Å². The Labute approximate surface area is 193 Å². The van der Waals surface area contributed by atoms with Crippen LogP contribution in [0.1, 0.15) is 31.0 Å². The molecule has 8 heteroatoms. The molecule has 164 valence electrons. The highest BCUT2D eigenvalue weighted by Crippen LogP contribution is 2.34. The summed E-state index contributed by atoms with van der Waals surface area (Å²) in [6.07, 6.45) is 1.79. The second-order valence-corrected chi connectivity index (χ2v) is 8.52. The van der Waals surface area contributed by atoms with Gasteiger partial charge in [-0.2, -0.15) is 0 Å². The minimum Gasteiger partial charge on any atom is -0.497 e. The van der Waals surface area contributed by atoms with Crippen molar-refractivity contribution < 1.29 is 14.3 Å². The van der Waals surface area contributed by atoms with Crippen molar-refractivity contribution in [1.82, 2.24) is 4.57 Å². The summed E-state index contributed by atoms with van der Waals surface area (Å²) in [5.74, 6) is 0.182. The predicted molar refractivity (Wildman–Crippen MR) is 125 cm³/mol. The normalized spacial score (nSPS) is 15.9. The van der Waals surface area contributed by atoms with Crippen molar-refractivity contribution in [1.29, 1.82) is 0 Å². The Bertz CT molecular complexity index is 1400. The molecule has 6 nitrogen and oxygen atoms in total. The zero-order valence-electron chi connectivity index (χ0n) is 17.8. The second kappa shape index (κ2) is 9.14. The largest absolute Gasteiger partial charge is 0.497 e. The summed E-state index contributed by atoms with van der Waals surface area (Å²) in [5.41, 5.74) is 2.02. The highest BCUT2D eigenvalue weighted by Gasteiger charge is 2.34. The number of halogens is 1. The molecule has 0 fully saturated rings. The van der Waals surface area contributed by atoms with Crippen molar-refractivity contribution in [2.24, 2.45) is 4.99 Å². The summed E-state index contributed by atoms with van der Waals surface area (Å²) in [6, 6.07) is 13.9. The van der Waals surface area contributed by atoms with E-state index in [9.17, 15) is 9.59 Å². The van der Waals surface area contributed by atoms with E-state index >= 15 is 0 Å². The Morgan fingerprint density at radius 2 is 2.03 bits per heavy atom. The number of allylic oxidation sites excluding steroid dienone is 1. The van der Waals surface area contributed by atoms with Crippen molar-refractivity contribution in [3.8, 4) is 5.75 Å². The van der Waals surface area contributed by atoms with E-state index in [1.807, 2.05) is 36.4 Å². The van der Waals surface area contributed by atoms with Crippen LogP contribution in [0.25, 0.3) is 6.08 Å². The third-order valence-corrected chi connectivity index (χ3v) is 6.44. The number of aromatic nitrogens is 1. The first kappa shape index (κ1) is 22.0. The van der Waals surface area contributed by atoms with E-state index in [1.54, 1.807) is 39.2 Å². The lowest BCUT2D eigenvalue weighted by Crippen LogP contribution is -2.40. The second-order valence-electron chi connectivity index (χ2n) is 7.10. The zero-order valence-corrected chi connectivity index (χ0v) is 19.4. The van der Waals surface area contributed by atoms with E-state index in [-0.39, 0.29) is 12.2 Å². The quantitative estimate of drug-likeness (QED) is 0.538. The Hall–Kier alpha value is -3.16. The van der Waals surface area contributed by atoms with Crippen LogP contribution in [0.4, 0.5) is 0 Å². The number of carbonyl (C=O) groups excluding carboxylic acids is 1. The number of esters is 1. The fraction of sp³-hybridized carbons (Fsp3) is 0.208. The van der Waals surface area contributed by atoms with Crippen LogP contribution in [0.15, 0.2) is 69.6 Å². The summed E-state index contributed by atoms with van der Waals surface area (Å²) >= 11 is 7.77. The van der Waals surface area contributed by atoms with Crippen LogP contribution in [0.3, 0.4) is 0 Å². The standard InChI is InChI=1S/C24H21ClN2O4S/c1-4-31-23(29)20-14(2)26-24-27(21(20)17-10-5-6-11-18(17)25)22(28)19(32-24)13-15-8-7-9-16(12-15)30-3/h5-13,21H,4H2,1-3H3/b19-13-/t21-/m1/s1. The Balaban J connectivity index is 1.97. The summed E-state index contributed by atoms with van der Waals surface area (Å²) in [6.45, 7) is 3.70. The van der Waals surface area contributed by atoms with Gasteiger partial charge in [-0.3, -0.25) is 9.36 Å². The van der Waals surface area contributed by atoms with E-state index in [4.69, 9.17) is 21.1 Å². The molecule has 1 aliphatic heterocycles. The molecule has 1 aromatic heterocycles. The third kappa shape index (κ3) is 4.01. The van der Waals surface area contributed by atoms with Crippen LogP contribution >= 0.6 is 22.9 Å². The molecule has 1 atom stereocenters. The van der Waals surface area contributed by atoms with E-state index in [1.165, 1.54) is 15.9 Å². The van der Waals surface area contributed by atoms with Gasteiger partial charge in [-0.05, 0) is 49.2 Å². The lowest BCUT2D eigenvalue weighted by atomic mass is 9.96. The van der Waals surface area contributed by atoms with Crippen LogP contribution in [0, 0.1) is 0 Å². The van der Waals surface area contributed by atoms with Gasteiger partial charge < -0.3 is 9.47 Å². The first-order valence-electron chi connectivity index (χ1n) is 10.0. The monoisotopic (exact) mass is 468 g/mol. The fourth-order valence-corrected chi connectivity index (χ4v) is 4.95. The average Bonchev–Trinajstić information content (AvgIpc) is 3.08. The molecule has 0 aliphatic carbocycles. The van der Waals surface area contributed by atoms with Crippen LogP contribution < -0.4 is 19.6 Å². The third-order valence-electron chi connectivity index (χ3n) is 5.11. The fourth-order valence-electron chi connectivity index (χ4n) is 3.67. The number of methoxy groups -OCH3 is 1. The Morgan fingerprint density at radius 3 is 2.75 bits per heavy atom. The maximum atomic E-state index is 13.5. The molecule has 0 amide bonds. The van der Waals surface area contributed by atoms with Crippen molar-refractivity contribution in [2.75, 3.05) is 13.7 Å². The van der Waals surface area contributed by atoms with Crippen LogP contribution in [-0.2, 0) is 9.53 Å². The number of nitrogens with zero attached hydrogens (tertiary/aromatic N) is 2. The van der Waals surface area contributed by atoms with Gasteiger partial charge in [0.2, 0.25) is 0 Å². The molecule has 0 radical (unpaired) electrons. The highest BCUT2D eigenvalue weighted by atomic mass is 35.5. The highest BCUT2D eigenvalue weighted by molar-refractivity contribution is 7.07. The molecule has 4 rings (SSSR count). The lowest BCUT2D eigenvalue weighted by Gasteiger charge is -2.25. The molecule has 0 saturated carbocycles. The molecule has 0 N–H and O–H groups in total. The van der Waals surface area contributed by atoms with Crippen LogP contribution in [-0.4, -0.2) is 24.3 Å². The number of hydrogen-bond acceptors (Lipinski definition) is 6. The molecule has 0 unspecified atom stereocenters. The summed E-state index contributed by atoms with van der Waals surface area (Å²) < 4.78 is 12.6. The van der Waals surface area contributed by atoms with Gasteiger partial charge in [-0.25, -0.2) is 9.79 Å². The molecule has 1 aliphatic rings. The minimum atomic E-state index is -0.730. The molecule has 2 heterocycles. The number of thiazole rings is 1. The molecule has 32 heavy (non-hydrogen) atoms. The van der Waals surface area contributed by atoms with Gasteiger partial charge in [0.25, 0.3) is 5.56 Å². The summed E-state index contributed by atoms with van der Waals surface area (Å²) in [4.78, 5) is 31.5. The van der Waals surface area contributed by atoms with E-state index in [0.717, 1.165) is 5.56 Å². The van der Waals surface area contributed by atoms with Gasteiger partial charge >= 0.3 is 5.97 Å². The Kier molecular flexibility index (Phi) is 6.30. The summed E-state index contributed by atoms with van der Waals surface area (Å²) in [7, 11) is 1.59. The van der Waals surface area contributed by atoms with Gasteiger partial charge in [0.05, 0.1) is 29.5 Å². The maximum absolute atomic E-state index is 13.5. The number of fused-ring (bicyclic) bond motifs is 1. The lowest BCUT2D eigenvalue weighted by molar-refractivity contribution is -0.139. The van der Waals surface area contributed by atoms with E-state index in [2.05, 4.69) is 4.99 Å². The molecule has 3 aromatic rings. The van der Waals surface area contributed by atoms with Crippen LogP contribution in [0.2, 0.25) is 5.02 Å². The van der Waals surface area contributed by atoms with E-state index in [0.29, 0.717) is 36.9 Å². The molecular formula is C24H21ClN2O4S. The molecule has 0 saturated heterocycles. The van der Waals surface area contributed by atoms with Gasteiger partial charge in [0, 0.05) is 5.02 Å². The average molecular weight is 469 g/mol. The van der Waals surface area contributed by atoms with Crippen LogP contribution in [0.5, 0.6) is 5.75 Å². The smallest absolute Gasteiger partial charge is 0.338 e. The van der Waals surface area contributed by atoms with Gasteiger partial charge in [-0.1, -0.05) is 53.3 Å². The number of benzene rings is 2. The molecule has 0 bridgehead atoms. The number of rotatable bonds is 5. The number of carbonyl (C=O) groups is 1. The van der Waals surface area contributed by atoms with Gasteiger partial charge in [0.1, 0.15) is 11.8 Å². The first-order valence-corrected chi connectivity index (χ1v) is 11.2. The number of ether oxygens (including phenoxy) is 2. The SMILES string of the molecule is CCOC(=O)C1=C(C)N=c2s/c(=C\c3cccc(OC)c3)c(=O)n2[C@@H]1c1ccccc1Cl. The summed E-state index contributed by atoms with van der Waals surface area (Å²) in [5, 5.41) is 0.455. The van der Waals surface area contributed by atoms with E-state index < -0.39 is 12.0 Å². The first-order chi connectivity index (χ1) is 15.4. The molecular weight excluding hydrogens is 448 g/mol. The van der Waals surface area contributed by atoms with Crippen molar-refractivity contribution in [3.05, 3.63) is 95.6 Å². The Morgan fingerprint density at radius 1 is 1.25 bits per heavy atom. The van der Waals surface area contributed by atoms with Gasteiger partial charge in [0.15, 0.2) is 4.80 Å². The van der Waals surface area contributed by atoms with Crippen molar-refractivity contribution in [3.63, 3.8) is 0 Å². The van der Waals surface area contributed by atoms with Gasteiger partial charge in [-0.15, -0.1) is 0 Å². The number of hydrogen-bond donors (Lipinski definition) is 0. The topological polar surface area (TPSA) is 69.9 Å². The minimum absolute atomic E-state index is 0.213. The zero-order chi connectivity index (χ0) is 22.8. The molecule has 2 aromatic carbocycles.